The van der Waals surface area contributed by atoms with Crippen molar-refractivity contribution in [2.75, 3.05) is 70.5 Å². The molecule has 0 unspecified atom stereocenters. The highest BCUT2D eigenvalue weighted by molar-refractivity contribution is 7.99. The number of methoxy groups -OCH3 is 1. The van der Waals surface area contributed by atoms with Crippen molar-refractivity contribution in [3.05, 3.63) is 53.1 Å². The molecule has 1 aliphatic heterocycles. The third-order valence-electron chi connectivity index (χ3n) is 9.01. The number of rotatable bonds is 17. The number of hydrogen-bond acceptors (Lipinski definition) is 8. The molecule has 47 heavy (non-hydrogen) atoms. The van der Waals surface area contributed by atoms with E-state index >= 15 is 0 Å². The lowest BCUT2D eigenvalue weighted by molar-refractivity contribution is 0.0601. The number of aromatic nitrogens is 1. The first-order valence-corrected chi connectivity index (χ1v) is 18.4. The Morgan fingerprint density at radius 3 is 2.19 bits per heavy atom. The Hall–Kier alpha value is -3.08. The summed E-state index contributed by atoms with van der Waals surface area (Å²) in [5.74, 6) is 1.09. The van der Waals surface area contributed by atoms with Gasteiger partial charge in [0.2, 0.25) is 0 Å². The molecule has 0 saturated carbocycles. The first kappa shape index (κ1) is 36.8. The molecule has 4 rings (SSSR count). The van der Waals surface area contributed by atoms with Crippen molar-refractivity contribution < 1.29 is 18.7 Å². The number of amides is 2. The normalized spacial score (nSPS) is 14.3. The van der Waals surface area contributed by atoms with E-state index in [-0.39, 0.29) is 6.03 Å². The number of nitrogens with one attached hydrogen (secondary N) is 1. The minimum atomic E-state index is -0.423. The van der Waals surface area contributed by atoms with Crippen LogP contribution >= 0.6 is 11.8 Å². The monoisotopic (exact) mass is 665 g/mol. The van der Waals surface area contributed by atoms with Gasteiger partial charge in [-0.2, -0.15) is 0 Å². The lowest BCUT2D eigenvalue weighted by Gasteiger charge is -2.36. The zero-order valence-corrected chi connectivity index (χ0v) is 30.2. The summed E-state index contributed by atoms with van der Waals surface area (Å²) in [6.07, 6.45) is 5.88. The molecule has 0 atom stereocenters. The third kappa shape index (κ3) is 10.5. The van der Waals surface area contributed by atoms with E-state index in [1.165, 1.54) is 37.5 Å². The van der Waals surface area contributed by atoms with Crippen LogP contribution in [-0.4, -0.2) is 96.9 Å². The second kappa shape index (κ2) is 18.5. The van der Waals surface area contributed by atoms with Crippen molar-refractivity contribution in [1.82, 2.24) is 19.7 Å². The number of piperazine rings is 1. The Kier molecular flexibility index (Phi) is 14.4. The van der Waals surface area contributed by atoms with E-state index in [4.69, 9.17) is 9.15 Å². The van der Waals surface area contributed by atoms with Crippen LogP contribution in [0.25, 0.3) is 11.1 Å². The average Bonchev–Trinajstić information content (AvgIpc) is 3.49. The number of anilines is 1. The molecule has 2 heterocycles. The molecule has 0 bridgehead atoms. The maximum atomic E-state index is 13.8. The van der Waals surface area contributed by atoms with Gasteiger partial charge in [-0.3, -0.25) is 9.80 Å². The number of urea groups is 1. The molecule has 1 aliphatic rings. The van der Waals surface area contributed by atoms with E-state index < -0.39 is 5.97 Å². The maximum Gasteiger partial charge on any atom is 0.341 e. The van der Waals surface area contributed by atoms with Crippen LogP contribution in [0.3, 0.4) is 0 Å². The number of carbonyl (C=O) groups is 2. The quantitative estimate of drug-likeness (QED) is 0.0880. The SMILES string of the molecule is CCCCCCCN(CCN1CCN(CCSc2nc3cccc(C(=O)OC)c3o2)CC1)C(=O)Nc1c(C(C)C)cccc1C(C)C. The number of nitrogens with zero attached hydrogens (tertiary/aromatic N) is 4. The van der Waals surface area contributed by atoms with Crippen molar-refractivity contribution in [3.63, 3.8) is 0 Å². The number of unbranched alkanes of at least 4 members (excludes halogenated alkanes) is 4. The Bertz CT molecular complexity index is 1410. The lowest BCUT2D eigenvalue weighted by Crippen LogP contribution is -2.49. The zero-order chi connectivity index (χ0) is 33.8. The molecule has 1 N–H and O–H groups in total. The maximum absolute atomic E-state index is 13.8. The van der Waals surface area contributed by atoms with Crippen molar-refractivity contribution in [2.45, 2.75) is 83.8 Å². The van der Waals surface area contributed by atoms with Gasteiger partial charge >= 0.3 is 12.0 Å². The van der Waals surface area contributed by atoms with Gasteiger partial charge in [0, 0.05) is 63.8 Å². The lowest BCUT2D eigenvalue weighted by atomic mass is 9.93. The standard InChI is InChI=1S/C37H55N5O4S/c1-7-8-9-10-11-18-42(36(44)39-33-29(27(2)3)14-12-15-30(33)28(4)5)24-23-40-19-21-41(22-20-40)25-26-47-37-38-32-17-13-16-31(34(32)46-37)35(43)45-6/h12-17,27-28H,7-11,18-26H2,1-6H3,(H,39,44). The Balaban J connectivity index is 1.28. The Labute approximate surface area is 285 Å². The highest BCUT2D eigenvalue weighted by Crippen LogP contribution is 2.33. The van der Waals surface area contributed by atoms with E-state index in [1.54, 1.807) is 23.9 Å². The van der Waals surface area contributed by atoms with Crippen LogP contribution in [0.1, 0.15) is 100 Å². The largest absolute Gasteiger partial charge is 0.465 e. The van der Waals surface area contributed by atoms with Crippen LogP contribution < -0.4 is 5.32 Å². The highest BCUT2D eigenvalue weighted by atomic mass is 32.2. The molecule has 0 aliphatic carbocycles. The highest BCUT2D eigenvalue weighted by Gasteiger charge is 2.22. The Morgan fingerprint density at radius 1 is 0.915 bits per heavy atom. The fourth-order valence-corrected chi connectivity index (χ4v) is 6.95. The number of carbonyl (C=O) groups excluding carboxylic acids is 2. The summed E-state index contributed by atoms with van der Waals surface area (Å²) in [6.45, 7) is 18.3. The molecule has 1 fully saturated rings. The number of para-hydroxylation sites is 2. The van der Waals surface area contributed by atoms with Crippen LogP contribution in [0.2, 0.25) is 0 Å². The molecule has 3 aromatic rings. The second-order valence-electron chi connectivity index (χ2n) is 13.1. The number of oxazole rings is 1. The van der Waals surface area contributed by atoms with Gasteiger partial charge < -0.3 is 19.4 Å². The molecular formula is C37H55N5O4S. The minimum absolute atomic E-state index is 0.0176. The number of esters is 1. The van der Waals surface area contributed by atoms with Crippen molar-refractivity contribution in [2.24, 2.45) is 0 Å². The van der Waals surface area contributed by atoms with Crippen LogP contribution in [0.5, 0.6) is 0 Å². The van der Waals surface area contributed by atoms with Gasteiger partial charge in [0.15, 0.2) is 5.58 Å². The second-order valence-corrected chi connectivity index (χ2v) is 14.2. The third-order valence-corrected chi connectivity index (χ3v) is 9.82. The molecule has 258 valence electrons. The molecule has 9 nitrogen and oxygen atoms in total. The van der Waals surface area contributed by atoms with E-state index in [1.807, 2.05) is 11.0 Å². The van der Waals surface area contributed by atoms with Crippen LogP contribution in [0.4, 0.5) is 10.5 Å². The number of fused-ring (bicyclic) bond motifs is 1. The van der Waals surface area contributed by atoms with E-state index in [2.05, 4.69) is 72.9 Å². The van der Waals surface area contributed by atoms with E-state index in [0.29, 0.717) is 33.7 Å². The molecule has 0 spiro atoms. The number of hydrogen-bond donors (Lipinski definition) is 1. The fourth-order valence-electron chi connectivity index (χ4n) is 6.12. The van der Waals surface area contributed by atoms with Crippen LogP contribution in [-0.2, 0) is 4.74 Å². The molecule has 2 aromatic carbocycles. The number of benzene rings is 2. The van der Waals surface area contributed by atoms with E-state index in [0.717, 1.165) is 76.6 Å². The number of thioether (sulfide) groups is 1. The van der Waals surface area contributed by atoms with Gasteiger partial charge in [-0.15, -0.1) is 0 Å². The van der Waals surface area contributed by atoms with Gasteiger partial charge in [-0.25, -0.2) is 14.6 Å². The number of ether oxygens (including phenoxy) is 1. The summed E-state index contributed by atoms with van der Waals surface area (Å²) in [7, 11) is 1.37. The first-order chi connectivity index (χ1) is 22.7. The topological polar surface area (TPSA) is 91.2 Å². The molecule has 1 aromatic heterocycles. The van der Waals surface area contributed by atoms with Crippen LogP contribution in [0.15, 0.2) is 46.0 Å². The predicted molar refractivity (Wildman–Crippen MR) is 193 cm³/mol. The summed E-state index contributed by atoms with van der Waals surface area (Å²) < 4.78 is 10.8. The molecular weight excluding hydrogens is 611 g/mol. The Morgan fingerprint density at radius 2 is 1.55 bits per heavy atom. The van der Waals surface area contributed by atoms with Gasteiger partial charge in [0.1, 0.15) is 11.1 Å². The molecule has 2 amide bonds. The summed E-state index contributed by atoms with van der Waals surface area (Å²) in [5, 5.41) is 3.94. The minimum Gasteiger partial charge on any atom is -0.465 e. The van der Waals surface area contributed by atoms with Gasteiger partial charge in [-0.05, 0) is 41.5 Å². The fraction of sp³-hybridized carbons (Fsp3) is 0.595. The summed E-state index contributed by atoms with van der Waals surface area (Å²) in [6, 6.07) is 11.8. The first-order valence-electron chi connectivity index (χ1n) is 17.5. The van der Waals surface area contributed by atoms with Gasteiger partial charge in [0.05, 0.1) is 7.11 Å². The molecule has 0 radical (unpaired) electrons. The smallest absolute Gasteiger partial charge is 0.341 e. The molecule has 10 heteroatoms. The van der Waals surface area contributed by atoms with Crippen molar-refractivity contribution in [3.8, 4) is 0 Å². The summed E-state index contributed by atoms with van der Waals surface area (Å²) in [5.41, 5.74) is 4.92. The summed E-state index contributed by atoms with van der Waals surface area (Å²) >= 11 is 1.57. The summed E-state index contributed by atoms with van der Waals surface area (Å²) in [4.78, 5) is 37.4. The van der Waals surface area contributed by atoms with Gasteiger partial charge in [-0.1, -0.05) is 96.3 Å². The molecule has 1 saturated heterocycles. The van der Waals surface area contributed by atoms with Crippen molar-refractivity contribution in [1.29, 1.82) is 0 Å². The van der Waals surface area contributed by atoms with E-state index in [9.17, 15) is 9.59 Å². The predicted octanol–water partition coefficient (Wildman–Crippen LogP) is 8.08. The van der Waals surface area contributed by atoms with Crippen LogP contribution in [0, 0.1) is 0 Å². The van der Waals surface area contributed by atoms with Gasteiger partial charge in [0.25, 0.3) is 5.22 Å². The zero-order valence-electron chi connectivity index (χ0n) is 29.3. The average molecular weight is 666 g/mol. The van der Waals surface area contributed by atoms with Crippen molar-refractivity contribution >= 4 is 40.5 Å².